The Labute approximate surface area is 114 Å². The van der Waals surface area contributed by atoms with Gasteiger partial charge in [-0.3, -0.25) is 4.79 Å². The second-order valence-corrected chi connectivity index (χ2v) is 7.16. The van der Waals surface area contributed by atoms with E-state index in [-0.39, 0.29) is 12.0 Å². The van der Waals surface area contributed by atoms with Crippen LogP contribution in [-0.2, 0) is 0 Å². The van der Waals surface area contributed by atoms with Gasteiger partial charge in [-0.15, -0.1) is 11.3 Å². The first-order chi connectivity index (χ1) is 7.56. The SMILES string of the molecule is O=C(NCC1CC(O)C1)c1cc(Br)c(Br)s1. The Morgan fingerprint density at radius 1 is 1.56 bits per heavy atom. The number of rotatable bonds is 3. The quantitative estimate of drug-likeness (QED) is 0.861. The fraction of sp³-hybridized carbons (Fsp3) is 0.500. The van der Waals surface area contributed by atoms with E-state index in [1.807, 2.05) is 0 Å². The largest absolute Gasteiger partial charge is 0.393 e. The van der Waals surface area contributed by atoms with Crippen molar-refractivity contribution in [3.05, 3.63) is 19.2 Å². The van der Waals surface area contributed by atoms with Crippen molar-refractivity contribution in [2.75, 3.05) is 6.54 Å². The summed E-state index contributed by atoms with van der Waals surface area (Å²) in [4.78, 5) is 12.4. The van der Waals surface area contributed by atoms with Gasteiger partial charge in [0.2, 0.25) is 0 Å². The number of hydrogen-bond acceptors (Lipinski definition) is 3. The van der Waals surface area contributed by atoms with Gasteiger partial charge in [0.05, 0.1) is 14.8 Å². The molecule has 1 aliphatic carbocycles. The van der Waals surface area contributed by atoms with Crippen LogP contribution in [0.25, 0.3) is 0 Å². The minimum absolute atomic E-state index is 0.0437. The highest BCUT2D eigenvalue weighted by Gasteiger charge is 2.27. The normalized spacial score (nSPS) is 23.9. The van der Waals surface area contributed by atoms with Gasteiger partial charge in [-0.25, -0.2) is 0 Å². The Balaban J connectivity index is 1.84. The fourth-order valence-corrected chi connectivity index (χ4v) is 3.60. The molecule has 0 aromatic carbocycles. The number of aliphatic hydroxyl groups excluding tert-OH is 1. The molecule has 0 spiro atoms. The van der Waals surface area contributed by atoms with E-state index < -0.39 is 0 Å². The van der Waals surface area contributed by atoms with Crippen molar-refractivity contribution in [1.29, 1.82) is 0 Å². The topological polar surface area (TPSA) is 49.3 Å². The van der Waals surface area contributed by atoms with Gasteiger partial charge in [-0.1, -0.05) is 0 Å². The molecule has 2 rings (SSSR count). The van der Waals surface area contributed by atoms with Crippen LogP contribution < -0.4 is 5.32 Å². The first kappa shape index (κ1) is 12.5. The molecule has 0 atom stereocenters. The highest BCUT2D eigenvalue weighted by Crippen LogP contribution is 2.32. The molecular formula is C10H11Br2NO2S. The molecule has 1 aromatic heterocycles. The average molecular weight is 369 g/mol. The average Bonchev–Trinajstić information content (AvgIpc) is 2.52. The summed E-state index contributed by atoms with van der Waals surface area (Å²) in [5.74, 6) is 0.392. The second kappa shape index (κ2) is 5.16. The van der Waals surface area contributed by atoms with E-state index in [1.54, 1.807) is 6.07 Å². The van der Waals surface area contributed by atoms with Gasteiger partial charge < -0.3 is 10.4 Å². The number of aliphatic hydroxyl groups is 1. The van der Waals surface area contributed by atoms with Gasteiger partial charge in [-0.2, -0.15) is 0 Å². The van der Waals surface area contributed by atoms with Gasteiger partial charge in [0.1, 0.15) is 0 Å². The fourth-order valence-electron chi connectivity index (χ4n) is 1.65. The highest BCUT2D eigenvalue weighted by molar-refractivity contribution is 9.13. The first-order valence-electron chi connectivity index (χ1n) is 4.97. The van der Waals surface area contributed by atoms with Crippen LogP contribution in [0.2, 0.25) is 0 Å². The molecule has 1 saturated carbocycles. The lowest BCUT2D eigenvalue weighted by Crippen LogP contribution is -2.38. The smallest absolute Gasteiger partial charge is 0.261 e. The zero-order chi connectivity index (χ0) is 11.7. The lowest BCUT2D eigenvalue weighted by Gasteiger charge is -2.31. The third kappa shape index (κ3) is 2.85. The van der Waals surface area contributed by atoms with Crippen LogP contribution in [0.3, 0.4) is 0 Å². The molecule has 16 heavy (non-hydrogen) atoms. The summed E-state index contributed by atoms with van der Waals surface area (Å²) in [5, 5.41) is 12.0. The summed E-state index contributed by atoms with van der Waals surface area (Å²) in [6, 6.07) is 1.81. The molecule has 1 aromatic rings. The second-order valence-electron chi connectivity index (χ2n) is 3.93. The summed E-state index contributed by atoms with van der Waals surface area (Å²) < 4.78 is 1.83. The summed E-state index contributed by atoms with van der Waals surface area (Å²) in [6.45, 7) is 0.656. The molecule has 0 saturated heterocycles. The van der Waals surface area contributed by atoms with E-state index in [4.69, 9.17) is 5.11 Å². The number of thiophene rings is 1. The number of carbonyl (C=O) groups excluding carboxylic acids is 1. The van der Waals surface area contributed by atoms with Crippen LogP contribution in [0.4, 0.5) is 0 Å². The van der Waals surface area contributed by atoms with Crippen molar-refractivity contribution in [2.24, 2.45) is 5.92 Å². The van der Waals surface area contributed by atoms with Gasteiger partial charge in [0, 0.05) is 11.0 Å². The van der Waals surface area contributed by atoms with Crippen LogP contribution >= 0.6 is 43.2 Å². The Hall–Kier alpha value is 0.0900. The van der Waals surface area contributed by atoms with Crippen molar-refractivity contribution in [3.63, 3.8) is 0 Å². The monoisotopic (exact) mass is 367 g/mol. The molecule has 6 heteroatoms. The Morgan fingerprint density at radius 2 is 2.25 bits per heavy atom. The zero-order valence-corrected chi connectivity index (χ0v) is 12.4. The van der Waals surface area contributed by atoms with Crippen LogP contribution in [0.5, 0.6) is 0 Å². The van der Waals surface area contributed by atoms with Crippen molar-refractivity contribution in [2.45, 2.75) is 18.9 Å². The number of carbonyl (C=O) groups is 1. The van der Waals surface area contributed by atoms with Crippen LogP contribution in [0, 0.1) is 5.92 Å². The van der Waals surface area contributed by atoms with Gasteiger partial charge in [-0.05, 0) is 56.7 Å². The van der Waals surface area contributed by atoms with Crippen LogP contribution in [0.1, 0.15) is 22.5 Å². The molecule has 0 radical (unpaired) electrons. The first-order valence-corrected chi connectivity index (χ1v) is 7.37. The Bertz CT molecular complexity index is 382. The summed E-state index contributed by atoms with van der Waals surface area (Å²) in [7, 11) is 0. The van der Waals surface area contributed by atoms with E-state index in [0.29, 0.717) is 17.3 Å². The number of amides is 1. The number of nitrogens with one attached hydrogen (secondary N) is 1. The molecule has 1 aliphatic rings. The molecule has 88 valence electrons. The van der Waals surface area contributed by atoms with Crippen molar-refractivity contribution < 1.29 is 9.90 Å². The van der Waals surface area contributed by atoms with E-state index in [2.05, 4.69) is 37.2 Å². The maximum absolute atomic E-state index is 11.7. The molecule has 0 aliphatic heterocycles. The summed E-state index contributed by atoms with van der Waals surface area (Å²) >= 11 is 8.11. The van der Waals surface area contributed by atoms with Gasteiger partial charge >= 0.3 is 0 Å². The molecule has 1 fully saturated rings. The van der Waals surface area contributed by atoms with E-state index >= 15 is 0 Å². The maximum Gasteiger partial charge on any atom is 0.261 e. The molecule has 0 bridgehead atoms. The lowest BCUT2D eigenvalue weighted by molar-refractivity contribution is 0.0420. The highest BCUT2D eigenvalue weighted by atomic mass is 79.9. The van der Waals surface area contributed by atoms with Gasteiger partial charge in [0.15, 0.2) is 0 Å². The Morgan fingerprint density at radius 3 is 2.75 bits per heavy atom. The summed E-state index contributed by atoms with van der Waals surface area (Å²) in [6.07, 6.45) is 1.45. The van der Waals surface area contributed by atoms with E-state index in [0.717, 1.165) is 21.1 Å². The third-order valence-corrected chi connectivity index (χ3v) is 5.89. The van der Waals surface area contributed by atoms with Crippen molar-refractivity contribution in [3.8, 4) is 0 Å². The molecular weight excluding hydrogens is 358 g/mol. The molecule has 1 heterocycles. The molecule has 0 unspecified atom stereocenters. The standard InChI is InChI=1S/C10H11Br2NO2S/c11-7-3-8(16-9(7)12)10(15)13-4-5-1-6(14)2-5/h3,5-6,14H,1-2,4H2,(H,13,15). The molecule has 1 amide bonds. The maximum atomic E-state index is 11.7. The van der Waals surface area contributed by atoms with Crippen molar-refractivity contribution >= 4 is 49.1 Å². The predicted octanol–water partition coefficient (Wildman–Crippen LogP) is 2.77. The zero-order valence-electron chi connectivity index (χ0n) is 8.37. The third-order valence-electron chi connectivity index (χ3n) is 2.63. The van der Waals surface area contributed by atoms with Crippen LogP contribution in [0.15, 0.2) is 14.3 Å². The number of hydrogen-bond donors (Lipinski definition) is 2. The van der Waals surface area contributed by atoms with Gasteiger partial charge in [0.25, 0.3) is 5.91 Å². The number of halogens is 2. The summed E-state index contributed by atoms with van der Waals surface area (Å²) in [5.41, 5.74) is 0. The minimum Gasteiger partial charge on any atom is -0.393 e. The van der Waals surface area contributed by atoms with E-state index in [9.17, 15) is 4.79 Å². The van der Waals surface area contributed by atoms with E-state index in [1.165, 1.54) is 11.3 Å². The lowest BCUT2D eigenvalue weighted by atomic mass is 9.82. The minimum atomic E-state index is -0.160. The Kier molecular flexibility index (Phi) is 4.05. The molecule has 2 N–H and O–H groups in total. The predicted molar refractivity (Wildman–Crippen MR) is 70.8 cm³/mol. The van der Waals surface area contributed by atoms with Crippen LogP contribution in [-0.4, -0.2) is 23.7 Å². The van der Waals surface area contributed by atoms with Crippen molar-refractivity contribution in [1.82, 2.24) is 5.32 Å². The molecule has 3 nitrogen and oxygen atoms in total.